The van der Waals surface area contributed by atoms with E-state index in [1.54, 1.807) is 25.1 Å². The first-order chi connectivity index (χ1) is 10.9. The lowest BCUT2D eigenvalue weighted by molar-refractivity contribution is -0.384. The Morgan fingerprint density at radius 3 is 2.39 bits per heavy atom. The van der Waals surface area contributed by atoms with Gasteiger partial charge in [-0.3, -0.25) is 20.2 Å². The fraction of sp³-hybridized carbons (Fsp3) is 0.125. The molecule has 2 rings (SSSR count). The Balaban J connectivity index is 2.07. The molecule has 0 saturated carbocycles. The number of nitrogens with one attached hydrogen (secondary N) is 2. The van der Waals surface area contributed by atoms with Crippen molar-refractivity contribution in [2.75, 3.05) is 5.32 Å². The molecule has 6 nitrogen and oxygen atoms in total. The summed E-state index contributed by atoms with van der Waals surface area (Å²) in [6.07, 6.45) is 0. The van der Waals surface area contributed by atoms with E-state index in [0.717, 1.165) is 11.1 Å². The number of nitro benzene ring substituents is 1. The normalized spacial score (nSPS) is 10.0. The van der Waals surface area contributed by atoms with Gasteiger partial charge in [0.25, 0.3) is 11.6 Å². The summed E-state index contributed by atoms with van der Waals surface area (Å²) < 4.78 is 0. The van der Waals surface area contributed by atoms with Crippen molar-refractivity contribution in [3.63, 3.8) is 0 Å². The van der Waals surface area contributed by atoms with Crippen LogP contribution in [-0.4, -0.2) is 15.9 Å². The summed E-state index contributed by atoms with van der Waals surface area (Å²) in [4.78, 5) is 22.4. The van der Waals surface area contributed by atoms with Crippen molar-refractivity contribution in [1.82, 2.24) is 5.32 Å². The van der Waals surface area contributed by atoms with Crippen molar-refractivity contribution < 1.29 is 9.72 Å². The zero-order chi connectivity index (χ0) is 17.0. The summed E-state index contributed by atoms with van der Waals surface area (Å²) in [6.45, 7) is 3.72. The molecule has 1 amide bonds. The summed E-state index contributed by atoms with van der Waals surface area (Å²) >= 11 is 5.09. The van der Waals surface area contributed by atoms with Crippen LogP contribution in [0.5, 0.6) is 0 Å². The van der Waals surface area contributed by atoms with E-state index < -0.39 is 4.92 Å². The summed E-state index contributed by atoms with van der Waals surface area (Å²) in [5.74, 6) is -0.342. The van der Waals surface area contributed by atoms with E-state index in [2.05, 4.69) is 10.6 Å². The molecule has 2 aromatic rings. The molecule has 0 saturated heterocycles. The first kappa shape index (κ1) is 16.6. The van der Waals surface area contributed by atoms with Gasteiger partial charge in [0.2, 0.25) is 0 Å². The molecular formula is C16H15N3O3S. The number of carbonyl (C=O) groups is 1. The van der Waals surface area contributed by atoms with Gasteiger partial charge in [-0.1, -0.05) is 23.8 Å². The molecule has 0 unspecified atom stereocenters. The number of thiocarbonyl (C=S) groups is 1. The van der Waals surface area contributed by atoms with E-state index in [-0.39, 0.29) is 16.7 Å². The Morgan fingerprint density at radius 1 is 1.13 bits per heavy atom. The number of amides is 1. The van der Waals surface area contributed by atoms with Crippen LogP contribution in [-0.2, 0) is 0 Å². The van der Waals surface area contributed by atoms with Gasteiger partial charge in [-0.15, -0.1) is 0 Å². The van der Waals surface area contributed by atoms with Crippen LogP contribution < -0.4 is 10.6 Å². The highest BCUT2D eigenvalue weighted by Gasteiger charge is 2.12. The second-order valence-corrected chi connectivity index (χ2v) is 5.44. The second-order valence-electron chi connectivity index (χ2n) is 5.03. The number of nitrogens with zero attached hydrogens (tertiary/aromatic N) is 1. The van der Waals surface area contributed by atoms with Gasteiger partial charge in [0.05, 0.1) is 4.92 Å². The fourth-order valence-corrected chi connectivity index (χ4v) is 2.09. The van der Waals surface area contributed by atoms with Crippen LogP contribution in [0.4, 0.5) is 11.4 Å². The van der Waals surface area contributed by atoms with E-state index in [0.29, 0.717) is 11.3 Å². The Bertz CT molecular complexity index is 773. The van der Waals surface area contributed by atoms with E-state index in [1.165, 1.54) is 12.1 Å². The number of aryl methyl sites for hydroxylation is 2. The highest BCUT2D eigenvalue weighted by Crippen LogP contribution is 2.21. The van der Waals surface area contributed by atoms with Gasteiger partial charge in [-0.05, 0) is 43.8 Å². The van der Waals surface area contributed by atoms with Crippen molar-refractivity contribution in [3.8, 4) is 0 Å². The topological polar surface area (TPSA) is 84.3 Å². The van der Waals surface area contributed by atoms with Crippen LogP contribution in [0.25, 0.3) is 0 Å². The molecule has 0 radical (unpaired) electrons. The summed E-state index contributed by atoms with van der Waals surface area (Å²) in [6, 6.07) is 11.5. The minimum atomic E-state index is -0.488. The first-order valence-corrected chi connectivity index (χ1v) is 7.21. The number of hydrogen-bond acceptors (Lipinski definition) is 4. The molecule has 0 aliphatic carbocycles. The third-order valence-electron chi connectivity index (χ3n) is 3.22. The molecule has 2 N–H and O–H groups in total. The molecule has 23 heavy (non-hydrogen) atoms. The van der Waals surface area contributed by atoms with Crippen LogP contribution in [0.3, 0.4) is 0 Å². The lowest BCUT2D eigenvalue weighted by Gasteiger charge is -2.11. The second kappa shape index (κ2) is 6.97. The van der Waals surface area contributed by atoms with Crippen molar-refractivity contribution in [2.45, 2.75) is 13.8 Å². The molecule has 0 atom stereocenters. The molecular weight excluding hydrogens is 314 g/mol. The third kappa shape index (κ3) is 4.33. The number of rotatable bonds is 3. The maximum absolute atomic E-state index is 12.1. The van der Waals surface area contributed by atoms with Gasteiger partial charge in [-0.2, -0.15) is 0 Å². The Hall–Kier alpha value is -2.80. The Kier molecular flexibility index (Phi) is 5.02. The molecule has 0 aliphatic rings. The molecule has 7 heteroatoms. The number of carbonyl (C=O) groups excluding carboxylic acids is 1. The monoisotopic (exact) mass is 329 g/mol. The molecule has 0 aromatic heterocycles. The highest BCUT2D eigenvalue weighted by atomic mass is 32.1. The van der Waals surface area contributed by atoms with Crippen molar-refractivity contribution in [3.05, 3.63) is 69.3 Å². The Morgan fingerprint density at radius 2 is 1.78 bits per heavy atom. The van der Waals surface area contributed by atoms with Gasteiger partial charge in [-0.25, -0.2) is 0 Å². The van der Waals surface area contributed by atoms with Crippen LogP contribution in [0.2, 0.25) is 0 Å². The minimum absolute atomic E-state index is 0.0502. The molecule has 0 bridgehead atoms. The fourth-order valence-electron chi connectivity index (χ4n) is 1.89. The zero-order valence-electron chi connectivity index (χ0n) is 12.6. The smallest absolute Gasteiger partial charge is 0.271 e. The largest absolute Gasteiger partial charge is 0.332 e. The van der Waals surface area contributed by atoms with Crippen LogP contribution in [0.1, 0.15) is 21.5 Å². The van der Waals surface area contributed by atoms with E-state index in [4.69, 9.17) is 12.2 Å². The predicted molar refractivity (Wildman–Crippen MR) is 92.7 cm³/mol. The minimum Gasteiger partial charge on any atom is -0.332 e. The van der Waals surface area contributed by atoms with Gasteiger partial charge >= 0.3 is 0 Å². The Labute approximate surface area is 138 Å². The van der Waals surface area contributed by atoms with E-state index in [9.17, 15) is 14.9 Å². The average molecular weight is 329 g/mol. The standard InChI is InChI=1S/C16H15N3O3S/c1-10-3-6-12(7-4-10)15(20)18-16(23)17-14-9-13(19(21)22)8-5-11(14)2/h3-9H,1-2H3,(H2,17,18,20,23). The number of nitro groups is 1. The summed E-state index contributed by atoms with van der Waals surface area (Å²) in [5.41, 5.74) is 2.74. The maximum atomic E-state index is 12.1. The molecule has 0 aliphatic heterocycles. The molecule has 0 fully saturated rings. The highest BCUT2D eigenvalue weighted by molar-refractivity contribution is 7.80. The predicted octanol–water partition coefficient (Wildman–Crippen LogP) is 3.34. The van der Waals surface area contributed by atoms with Gasteiger partial charge < -0.3 is 5.32 Å². The number of anilines is 1. The first-order valence-electron chi connectivity index (χ1n) is 6.81. The summed E-state index contributed by atoms with van der Waals surface area (Å²) in [7, 11) is 0. The number of non-ortho nitro benzene ring substituents is 1. The quantitative estimate of drug-likeness (QED) is 0.512. The van der Waals surface area contributed by atoms with Gasteiger partial charge in [0.15, 0.2) is 5.11 Å². The number of benzene rings is 2. The van der Waals surface area contributed by atoms with E-state index in [1.807, 2.05) is 19.1 Å². The van der Waals surface area contributed by atoms with Gasteiger partial charge in [0.1, 0.15) is 0 Å². The van der Waals surface area contributed by atoms with Crippen molar-refractivity contribution >= 4 is 34.6 Å². The SMILES string of the molecule is Cc1ccc(C(=O)NC(=S)Nc2cc([N+](=O)[O-])ccc2C)cc1. The molecule has 118 valence electrons. The average Bonchev–Trinajstić information content (AvgIpc) is 2.49. The van der Waals surface area contributed by atoms with E-state index >= 15 is 0 Å². The lowest BCUT2D eigenvalue weighted by atomic mass is 10.1. The number of hydrogen-bond donors (Lipinski definition) is 2. The van der Waals surface area contributed by atoms with Crippen molar-refractivity contribution in [2.24, 2.45) is 0 Å². The van der Waals surface area contributed by atoms with Crippen molar-refractivity contribution in [1.29, 1.82) is 0 Å². The molecule has 0 heterocycles. The van der Waals surface area contributed by atoms with Crippen LogP contribution >= 0.6 is 12.2 Å². The molecule has 2 aromatic carbocycles. The molecule has 0 spiro atoms. The zero-order valence-corrected chi connectivity index (χ0v) is 13.4. The third-order valence-corrected chi connectivity index (χ3v) is 3.43. The van der Waals surface area contributed by atoms with Crippen LogP contribution in [0, 0.1) is 24.0 Å². The van der Waals surface area contributed by atoms with Gasteiger partial charge in [0, 0.05) is 23.4 Å². The van der Waals surface area contributed by atoms with Crippen LogP contribution in [0.15, 0.2) is 42.5 Å². The maximum Gasteiger partial charge on any atom is 0.271 e. The summed E-state index contributed by atoms with van der Waals surface area (Å²) in [5, 5.41) is 16.3. The lowest BCUT2D eigenvalue weighted by Crippen LogP contribution is -2.34.